The van der Waals surface area contributed by atoms with Crippen LogP contribution >= 0.6 is 12.2 Å². The van der Waals surface area contributed by atoms with Gasteiger partial charge in [0, 0.05) is 22.7 Å². The van der Waals surface area contributed by atoms with E-state index in [2.05, 4.69) is 10.6 Å². The van der Waals surface area contributed by atoms with Gasteiger partial charge in [-0.05, 0) is 48.6 Å². The fourth-order valence-corrected chi connectivity index (χ4v) is 3.46. The van der Waals surface area contributed by atoms with E-state index in [9.17, 15) is 9.59 Å². The van der Waals surface area contributed by atoms with Crippen molar-refractivity contribution in [1.29, 1.82) is 0 Å². The van der Waals surface area contributed by atoms with Crippen LogP contribution in [0.25, 0.3) is 17.0 Å². The highest BCUT2D eigenvalue weighted by Crippen LogP contribution is 2.24. The number of fused-ring (bicyclic) bond motifs is 1. The summed E-state index contributed by atoms with van der Waals surface area (Å²) in [7, 11) is 1.62. The van der Waals surface area contributed by atoms with E-state index in [1.807, 2.05) is 59.3 Å². The summed E-state index contributed by atoms with van der Waals surface area (Å²) in [5, 5.41) is 5.85. The van der Waals surface area contributed by atoms with Crippen LogP contribution in [0.1, 0.15) is 5.56 Å². The molecule has 0 saturated carbocycles. The van der Waals surface area contributed by atoms with Crippen molar-refractivity contribution in [3.63, 3.8) is 0 Å². The number of ether oxygens (including phenoxy) is 2. The Hall–Kier alpha value is -3.65. The Morgan fingerprint density at radius 3 is 2.37 bits per heavy atom. The molecule has 1 aliphatic heterocycles. The molecule has 2 amide bonds. The van der Waals surface area contributed by atoms with Crippen LogP contribution < -0.4 is 20.1 Å². The van der Waals surface area contributed by atoms with E-state index < -0.39 is 11.8 Å². The summed E-state index contributed by atoms with van der Waals surface area (Å²) in [4.78, 5) is 24.3. The SMILES string of the molecule is COc1ccc(OCCn2cc(C=C3C(=O)NC(=S)NC3=O)c3ccccc32)cc1. The lowest BCUT2D eigenvalue weighted by atomic mass is 10.1. The van der Waals surface area contributed by atoms with Gasteiger partial charge in [0.25, 0.3) is 11.8 Å². The summed E-state index contributed by atoms with van der Waals surface area (Å²) in [5.74, 6) is 0.501. The number of carbonyl (C=O) groups is 2. The van der Waals surface area contributed by atoms with E-state index in [1.165, 1.54) is 0 Å². The third kappa shape index (κ3) is 4.04. The van der Waals surface area contributed by atoms with E-state index >= 15 is 0 Å². The van der Waals surface area contributed by atoms with E-state index in [-0.39, 0.29) is 10.7 Å². The molecule has 0 unspecified atom stereocenters. The second-order valence-electron chi connectivity index (χ2n) is 6.61. The molecule has 0 radical (unpaired) electrons. The lowest BCUT2D eigenvalue weighted by molar-refractivity contribution is -0.123. The first kappa shape index (κ1) is 19.7. The van der Waals surface area contributed by atoms with Gasteiger partial charge < -0.3 is 14.0 Å². The number of benzene rings is 2. The molecule has 1 saturated heterocycles. The van der Waals surface area contributed by atoms with Gasteiger partial charge in [-0.2, -0.15) is 0 Å². The Bertz CT molecular complexity index is 1140. The van der Waals surface area contributed by atoms with Gasteiger partial charge in [0.05, 0.1) is 13.7 Å². The fourth-order valence-electron chi connectivity index (χ4n) is 3.27. The van der Waals surface area contributed by atoms with Gasteiger partial charge in [-0.25, -0.2) is 0 Å². The lowest BCUT2D eigenvalue weighted by Crippen LogP contribution is -2.51. The normalized spacial score (nSPS) is 13.8. The Kier molecular flexibility index (Phi) is 5.49. The highest BCUT2D eigenvalue weighted by atomic mass is 32.1. The van der Waals surface area contributed by atoms with Gasteiger partial charge in [0.15, 0.2) is 5.11 Å². The topological polar surface area (TPSA) is 81.6 Å². The zero-order valence-corrected chi connectivity index (χ0v) is 17.0. The maximum Gasteiger partial charge on any atom is 0.263 e. The highest BCUT2D eigenvalue weighted by Gasteiger charge is 2.26. The number of hydrogen-bond donors (Lipinski definition) is 2. The first-order chi connectivity index (χ1) is 14.5. The number of nitrogens with zero attached hydrogens (tertiary/aromatic N) is 1. The van der Waals surface area contributed by atoms with Crippen LogP contribution in [0, 0.1) is 0 Å². The van der Waals surface area contributed by atoms with Crippen LogP contribution in [-0.4, -0.2) is 35.2 Å². The molecule has 0 aliphatic carbocycles. The quantitative estimate of drug-likeness (QED) is 0.363. The van der Waals surface area contributed by atoms with Gasteiger partial charge in [-0.1, -0.05) is 18.2 Å². The zero-order chi connectivity index (χ0) is 21.1. The van der Waals surface area contributed by atoms with Crippen molar-refractivity contribution < 1.29 is 19.1 Å². The van der Waals surface area contributed by atoms with Crippen LogP contribution in [0.2, 0.25) is 0 Å². The summed E-state index contributed by atoms with van der Waals surface area (Å²) < 4.78 is 13.0. The van der Waals surface area contributed by atoms with Crippen molar-refractivity contribution in [1.82, 2.24) is 15.2 Å². The fraction of sp³-hybridized carbons (Fsp3) is 0.136. The average molecular weight is 421 g/mol. The third-order valence-electron chi connectivity index (χ3n) is 4.72. The lowest BCUT2D eigenvalue weighted by Gasteiger charge is -2.16. The van der Waals surface area contributed by atoms with Crippen LogP contribution in [0.3, 0.4) is 0 Å². The average Bonchev–Trinajstić information content (AvgIpc) is 3.09. The van der Waals surface area contributed by atoms with Gasteiger partial charge in [-0.3, -0.25) is 20.2 Å². The molecule has 30 heavy (non-hydrogen) atoms. The number of para-hydroxylation sites is 1. The van der Waals surface area contributed by atoms with Crippen LogP contribution in [0.4, 0.5) is 0 Å². The van der Waals surface area contributed by atoms with Crippen LogP contribution in [0.5, 0.6) is 11.5 Å². The Labute approximate surface area is 178 Å². The molecule has 1 aliphatic rings. The van der Waals surface area contributed by atoms with Crippen molar-refractivity contribution in [2.75, 3.05) is 13.7 Å². The van der Waals surface area contributed by atoms with Crippen molar-refractivity contribution >= 4 is 46.1 Å². The van der Waals surface area contributed by atoms with Crippen molar-refractivity contribution in [3.05, 3.63) is 65.9 Å². The smallest absolute Gasteiger partial charge is 0.263 e. The molecule has 8 heteroatoms. The molecule has 3 aromatic rings. The van der Waals surface area contributed by atoms with Gasteiger partial charge in [-0.15, -0.1) is 0 Å². The van der Waals surface area contributed by atoms with Crippen molar-refractivity contribution in [3.8, 4) is 11.5 Å². The summed E-state index contributed by atoms with van der Waals surface area (Å²) in [5.41, 5.74) is 1.76. The summed E-state index contributed by atoms with van der Waals surface area (Å²) in [6.45, 7) is 1.05. The Morgan fingerprint density at radius 1 is 1.00 bits per heavy atom. The number of carbonyl (C=O) groups excluding carboxylic acids is 2. The second-order valence-corrected chi connectivity index (χ2v) is 7.02. The largest absolute Gasteiger partial charge is 0.497 e. The molecule has 0 spiro atoms. The van der Waals surface area contributed by atoms with Gasteiger partial charge in [0.1, 0.15) is 23.7 Å². The molecule has 0 bridgehead atoms. The van der Waals surface area contributed by atoms with Gasteiger partial charge >= 0.3 is 0 Å². The summed E-state index contributed by atoms with van der Waals surface area (Å²) in [6, 6.07) is 15.2. The van der Waals surface area contributed by atoms with E-state index in [1.54, 1.807) is 13.2 Å². The summed E-state index contributed by atoms with van der Waals surface area (Å²) >= 11 is 4.84. The molecular formula is C22H19N3O4S. The molecule has 0 atom stereocenters. The predicted molar refractivity (Wildman–Crippen MR) is 117 cm³/mol. The number of hydrogen-bond acceptors (Lipinski definition) is 5. The first-order valence-corrected chi connectivity index (χ1v) is 9.69. The van der Waals surface area contributed by atoms with Crippen LogP contribution in [0.15, 0.2) is 60.3 Å². The highest BCUT2D eigenvalue weighted by molar-refractivity contribution is 7.80. The second kappa shape index (κ2) is 8.38. The molecule has 2 N–H and O–H groups in total. The number of aromatic nitrogens is 1. The minimum absolute atomic E-state index is 0.0141. The monoisotopic (exact) mass is 421 g/mol. The number of rotatable bonds is 6. The minimum Gasteiger partial charge on any atom is -0.497 e. The van der Waals surface area contributed by atoms with E-state index in [0.29, 0.717) is 13.2 Å². The van der Waals surface area contributed by atoms with Crippen molar-refractivity contribution in [2.24, 2.45) is 0 Å². The molecule has 2 aromatic carbocycles. The zero-order valence-electron chi connectivity index (χ0n) is 16.2. The molecule has 152 valence electrons. The Morgan fingerprint density at radius 2 is 1.67 bits per heavy atom. The molecule has 1 aromatic heterocycles. The maximum atomic E-state index is 12.2. The molecule has 1 fully saturated rings. The molecule has 2 heterocycles. The number of thiocarbonyl (C=S) groups is 1. The molecule has 4 rings (SSSR count). The van der Waals surface area contributed by atoms with Gasteiger partial charge in [0.2, 0.25) is 0 Å². The number of methoxy groups -OCH3 is 1. The summed E-state index contributed by atoms with van der Waals surface area (Å²) in [6.07, 6.45) is 3.48. The maximum absolute atomic E-state index is 12.2. The Balaban J connectivity index is 1.56. The minimum atomic E-state index is -0.511. The van der Waals surface area contributed by atoms with Crippen LogP contribution in [-0.2, 0) is 16.1 Å². The van der Waals surface area contributed by atoms with E-state index in [0.717, 1.165) is 28.0 Å². The first-order valence-electron chi connectivity index (χ1n) is 9.28. The third-order valence-corrected chi connectivity index (χ3v) is 4.93. The predicted octanol–water partition coefficient (Wildman–Crippen LogP) is 2.64. The van der Waals surface area contributed by atoms with E-state index in [4.69, 9.17) is 21.7 Å². The van der Waals surface area contributed by atoms with Crippen molar-refractivity contribution in [2.45, 2.75) is 6.54 Å². The standard InChI is InChI=1S/C22H19N3O4S/c1-28-15-6-8-16(9-7-15)29-11-10-25-13-14(17-4-2-3-5-19(17)25)12-18-20(26)23-22(30)24-21(18)27/h2-9,12-13H,10-11H2,1H3,(H2,23,24,26,27,30). The number of amides is 2. The number of nitrogens with one attached hydrogen (secondary N) is 2. The molecule has 7 nitrogen and oxygen atoms in total. The molecular weight excluding hydrogens is 402 g/mol.